The van der Waals surface area contributed by atoms with E-state index in [1.54, 1.807) is 25.6 Å². The number of Topliss-reactive ketones (excluding diaryl/α,β-unsaturated/α-hetero) is 1. The smallest absolute Gasteiger partial charge is 0.339 e. The number of fused-ring (bicyclic) bond motifs is 2. The van der Waals surface area contributed by atoms with Crippen molar-refractivity contribution >= 4 is 40.9 Å². The molecular formula is C26H26N2O5S. The number of ether oxygens (including phenoxy) is 2. The highest BCUT2D eigenvalue weighted by Crippen LogP contribution is 2.47. The topological polar surface area (TPSA) is 88.7 Å². The average Bonchev–Trinajstić information content (AvgIpc) is 3.14. The van der Waals surface area contributed by atoms with Crippen LogP contribution in [0.4, 0.5) is 11.4 Å². The molecule has 1 aliphatic rings. The zero-order valence-electron chi connectivity index (χ0n) is 19.5. The van der Waals surface area contributed by atoms with Gasteiger partial charge in [-0.25, -0.2) is 4.79 Å². The van der Waals surface area contributed by atoms with E-state index in [2.05, 4.69) is 22.0 Å². The first kappa shape index (κ1) is 23.6. The first-order valence-electron chi connectivity index (χ1n) is 11.0. The van der Waals surface area contributed by atoms with Gasteiger partial charge in [-0.1, -0.05) is 36.0 Å². The third-order valence-electron chi connectivity index (χ3n) is 5.82. The quantitative estimate of drug-likeness (QED) is 0.368. The SMILES string of the molecule is COC(=O)c1c(C)[nH]c(C(=O)[C@@H](C)OC(=O)CCN2c3ccccc3Sc3ccccc32)c1C. The first-order valence-corrected chi connectivity index (χ1v) is 11.8. The summed E-state index contributed by atoms with van der Waals surface area (Å²) in [5, 5.41) is 0. The van der Waals surface area contributed by atoms with Crippen molar-refractivity contribution in [2.45, 2.75) is 43.1 Å². The lowest BCUT2D eigenvalue weighted by Crippen LogP contribution is -2.28. The van der Waals surface area contributed by atoms with Crippen LogP contribution in [-0.2, 0) is 14.3 Å². The Balaban J connectivity index is 1.44. The normalized spacial score (nSPS) is 13.0. The summed E-state index contributed by atoms with van der Waals surface area (Å²) in [4.78, 5) is 44.9. The van der Waals surface area contributed by atoms with Crippen LogP contribution < -0.4 is 4.90 Å². The molecule has 0 unspecified atom stereocenters. The predicted octanol–water partition coefficient (Wildman–Crippen LogP) is 5.23. The number of esters is 2. The van der Waals surface area contributed by atoms with Gasteiger partial charge in [-0.2, -0.15) is 0 Å². The van der Waals surface area contributed by atoms with Crippen molar-refractivity contribution in [2.75, 3.05) is 18.6 Å². The van der Waals surface area contributed by atoms with Crippen molar-refractivity contribution in [1.29, 1.82) is 0 Å². The monoisotopic (exact) mass is 478 g/mol. The Kier molecular flexibility index (Phi) is 6.79. The number of H-pyrrole nitrogens is 1. The summed E-state index contributed by atoms with van der Waals surface area (Å²) in [5.74, 6) is -1.38. The van der Waals surface area contributed by atoms with Crippen molar-refractivity contribution in [3.63, 3.8) is 0 Å². The molecule has 8 heteroatoms. The molecule has 1 N–H and O–H groups in total. The van der Waals surface area contributed by atoms with E-state index in [-0.39, 0.29) is 12.1 Å². The van der Waals surface area contributed by atoms with Crippen molar-refractivity contribution < 1.29 is 23.9 Å². The molecule has 1 aliphatic heterocycles. The van der Waals surface area contributed by atoms with E-state index >= 15 is 0 Å². The van der Waals surface area contributed by atoms with Gasteiger partial charge in [-0.3, -0.25) is 9.59 Å². The van der Waals surface area contributed by atoms with E-state index in [1.807, 2.05) is 36.4 Å². The van der Waals surface area contributed by atoms with Crippen LogP contribution in [-0.4, -0.2) is 42.5 Å². The highest BCUT2D eigenvalue weighted by Gasteiger charge is 2.28. The molecule has 7 nitrogen and oxygen atoms in total. The summed E-state index contributed by atoms with van der Waals surface area (Å²) in [7, 11) is 1.29. The lowest BCUT2D eigenvalue weighted by atomic mass is 10.1. The van der Waals surface area contributed by atoms with Crippen LogP contribution in [0.5, 0.6) is 0 Å². The van der Waals surface area contributed by atoms with Gasteiger partial charge in [-0.15, -0.1) is 0 Å². The van der Waals surface area contributed by atoms with Crippen LogP contribution in [0, 0.1) is 13.8 Å². The third kappa shape index (κ3) is 4.46. The number of para-hydroxylation sites is 2. The number of hydrogen-bond acceptors (Lipinski definition) is 7. The maximum absolute atomic E-state index is 12.9. The minimum absolute atomic E-state index is 0.112. The number of methoxy groups -OCH3 is 1. The molecule has 0 amide bonds. The Morgan fingerprint density at radius 2 is 1.59 bits per heavy atom. The molecule has 0 aliphatic carbocycles. The van der Waals surface area contributed by atoms with Gasteiger partial charge in [0.2, 0.25) is 5.78 Å². The Labute approximate surface area is 202 Å². The number of hydrogen-bond donors (Lipinski definition) is 1. The van der Waals surface area contributed by atoms with Crippen LogP contribution >= 0.6 is 11.8 Å². The highest BCUT2D eigenvalue weighted by molar-refractivity contribution is 7.99. The van der Waals surface area contributed by atoms with E-state index < -0.39 is 23.8 Å². The number of aromatic nitrogens is 1. The van der Waals surface area contributed by atoms with Crippen molar-refractivity contribution in [1.82, 2.24) is 4.98 Å². The van der Waals surface area contributed by atoms with Crippen LogP contribution in [0.1, 0.15) is 45.4 Å². The highest BCUT2D eigenvalue weighted by atomic mass is 32.2. The van der Waals surface area contributed by atoms with E-state index in [9.17, 15) is 14.4 Å². The van der Waals surface area contributed by atoms with Gasteiger partial charge in [0, 0.05) is 22.0 Å². The van der Waals surface area contributed by atoms with E-state index in [0.29, 0.717) is 23.4 Å². The number of nitrogens with zero attached hydrogens (tertiary/aromatic N) is 1. The van der Waals surface area contributed by atoms with Crippen LogP contribution in [0.2, 0.25) is 0 Å². The van der Waals surface area contributed by atoms with Crippen molar-refractivity contribution in [3.05, 3.63) is 71.0 Å². The second-order valence-corrected chi connectivity index (χ2v) is 9.14. The molecule has 0 spiro atoms. The molecule has 1 atom stereocenters. The molecule has 0 saturated heterocycles. The first-order chi connectivity index (χ1) is 16.3. The maximum atomic E-state index is 12.9. The Hall–Kier alpha value is -3.52. The standard InChI is InChI=1S/C26H26N2O5S/c1-15-23(26(31)32-4)16(2)27-24(15)25(30)17(3)33-22(29)13-14-28-18-9-5-7-11-20(18)34-21-12-8-6-10-19(21)28/h5-12,17,27H,13-14H2,1-4H3/t17-/m1/s1. The number of nitrogens with one attached hydrogen (secondary N) is 1. The Morgan fingerprint density at radius 1 is 1.00 bits per heavy atom. The van der Waals surface area contributed by atoms with Crippen molar-refractivity contribution in [3.8, 4) is 0 Å². The van der Waals surface area contributed by atoms with Gasteiger partial charge in [-0.05, 0) is 50.6 Å². The van der Waals surface area contributed by atoms with Crippen LogP contribution in [0.25, 0.3) is 0 Å². The molecule has 3 aromatic rings. The van der Waals surface area contributed by atoms with Gasteiger partial charge < -0.3 is 19.4 Å². The predicted molar refractivity (Wildman–Crippen MR) is 130 cm³/mol. The van der Waals surface area contributed by atoms with Gasteiger partial charge in [0.15, 0.2) is 6.10 Å². The van der Waals surface area contributed by atoms with Gasteiger partial charge in [0.25, 0.3) is 0 Å². The summed E-state index contributed by atoms with van der Waals surface area (Å²) in [6.45, 7) is 5.32. The molecule has 176 valence electrons. The number of benzene rings is 2. The molecule has 0 saturated carbocycles. The van der Waals surface area contributed by atoms with Gasteiger partial charge >= 0.3 is 11.9 Å². The molecule has 34 heavy (non-hydrogen) atoms. The maximum Gasteiger partial charge on any atom is 0.339 e. The molecular weight excluding hydrogens is 452 g/mol. The minimum atomic E-state index is -0.994. The number of aryl methyl sites for hydroxylation is 1. The molecule has 4 rings (SSSR count). The molecule has 0 bridgehead atoms. The van der Waals surface area contributed by atoms with Gasteiger partial charge in [0.05, 0.1) is 36.2 Å². The average molecular weight is 479 g/mol. The minimum Gasteiger partial charge on any atom is -0.465 e. The van der Waals surface area contributed by atoms with Crippen molar-refractivity contribution in [2.24, 2.45) is 0 Å². The molecule has 2 aromatic carbocycles. The number of rotatable bonds is 7. The number of carbonyl (C=O) groups excluding carboxylic acids is 3. The second kappa shape index (κ2) is 9.77. The Bertz CT molecular complexity index is 1220. The lowest BCUT2D eigenvalue weighted by molar-refractivity contribution is -0.146. The zero-order valence-corrected chi connectivity index (χ0v) is 20.3. The summed E-state index contributed by atoms with van der Waals surface area (Å²) in [5.41, 5.74) is 3.66. The molecule has 0 radical (unpaired) electrons. The molecule has 0 fully saturated rings. The largest absolute Gasteiger partial charge is 0.465 e. The molecule has 2 heterocycles. The fourth-order valence-corrected chi connectivity index (χ4v) is 5.24. The fourth-order valence-electron chi connectivity index (χ4n) is 4.14. The summed E-state index contributed by atoms with van der Waals surface area (Å²) < 4.78 is 10.3. The Morgan fingerprint density at radius 3 is 2.18 bits per heavy atom. The van der Waals surface area contributed by atoms with E-state index in [1.165, 1.54) is 14.0 Å². The number of anilines is 2. The summed E-state index contributed by atoms with van der Waals surface area (Å²) in [6, 6.07) is 16.1. The van der Waals surface area contributed by atoms with E-state index in [0.717, 1.165) is 21.2 Å². The number of aromatic amines is 1. The summed E-state index contributed by atoms with van der Waals surface area (Å²) in [6.07, 6.45) is -0.882. The van der Waals surface area contributed by atoms with Crippen LogP contribution in [0.15, 0.2) is 58.3 Å². The molecule has 1 aromatic heterocycles. The fraction of sp³-hybridized carbons (Fsp3) is 0.269. The zero-order chi connectivity index (χ0) is 24.4. The lowest BCUT2D eigenvalue weighted by Gasteiger charge is -2.32. The van der Waals surface area contributed by atoms with E-state index in [4.69, 9.17) is 9.47 Å². The summed E-state index contributed by atoms with van der Waals surface area (Å²) >= 11 is 1.70. The van der Waals surface area contributed by atoms with Gasteiger partial charge in [0.1, 0.15) is 0 Å². The second-order valence-electron chi connectivity index (χ2n) is 8.05. The third-order valence-corrected chi connectivity index (χ3v) is 6.95. The number of ketones is 1. The number of carbonyl (C=O) groups is 3. The van der Waals surface area contributed by atoms with Crippen LogP contribution in [0.3, 0.4) is 0 Å².